The highest BCUT2D eigenvalue weighted by molar-refractivity contribution is 5.80. The lowest BCUT2D eigenvalue weighted by Gasteiger charge is -2.15. The molecule has 0 spiro atoms. The van der Waals surface area contributed by atoms with E-state index in [2.05, 4.69) is 5.32 Å². The zero-order chi connectivity index (χ0) is 16.8. The molecule has 6 heteroatoms. The number of amides is 1. The predicted octanol–water partition coefficient (Wildman–Crippen LogP) is 3.02. The minimum Gasteiger partial charge on any atom is -0.497 e. The van der Waals surface area contributed by atoms with Crippen molar-refractivity contribution in [3.8, 4) is 5.75 Å². The number of methoxy groups -OCH3 is 1. The maximum atomic E-state index is 12.1. The van der Waals surface area contributed by atoms with Gasteiger partial charge in [-0.3, -0.25) is 14.9 Å². The van der Waals surface area contributed by atoms with Crippen molar-refractivity contribution >= 4 is 11.6 Å². The number of nitrogens with one attached hydrogen (secondary N) is 1. The minimum absolute atomic E-state index is 0.0301. The molecule has 2 rings (SSSR count). The largest absolute Gasteiger partial charge is 0.497 e. The maximum Gasteiger partial charge on any atom is 0.273 e. The number of para-hydroxylation sites is 1. The molecule has 1 N–H and O–H groups in total. The van der Waals surface area contributed by atoms with Crippen molar-refractivity contribution in [1.29, 1.82) is 0 Å². The molecule has 6 nitrogen and oxygen atoms in total. The second-order valence-electron chi connectivity index (χ2n) is 5.12. The van der Waals surface area contributed by atoms with E-state index in [1.807, 2.05) is 31.2 Å². The molecule has 0 aliphatic rings. The number of ether oxygens (including phenoxy) is 1. The van der Waals surface area contributed by atoms with Gasteiger partial charge in [-0.25, -0.2) is 0 Å². The smallest absolute Gasteiger partial charge is 0.273 e. The summed E-state index contributed by atoms with van der Waals surface area (Å²) in [5.41, 5.74) is 1.29. The normalized spacial score (nSPS) is 11.6. The van der Waals surface area contributed by atoms with E-state index in [1.54, 1.807) is 25.3 Å². The Morgan fingerprint density at radius 1 is 1.22 bits per heavy atom. The lowest BCUT2D eigenvalue weighted by atomic mass is 10.1. The van der Waals surface area contributed by atoms with Gasteiger partial charge >= 0.3 is 0 Å². The zero-order valence-electron chi connectivity index (χ0n) is 13.0. The van der Waals surface area contributed by atoms with Crippen LogP contribution in [0.2, 0.25) is 0 Å². The van der Waals surface area contributed by atoms with Crippen molar-refractivity contribution in [3.63, 3.8) is 0 Å². The fourth-order valence-corrected chi connectivity index (χ4v) is 2.28. The van der Waals surface area contributed by atoms with Crippen LogP contribution in [0.1, 0.15) is 24.1 Å². The first-order valence-electron chi connectivity index (χ1n) is 7.17. The summed E-state index contributed by atoms with van der Waals surface area (Å²) in [6.07, 6.45) is -0.0301. The molecule has 0 saturated heterocycles. The van der Waals surface area contributed by atoms with Crippen LogP contribution in [0.4, 0.5) is 5.69 Å². The average molecular weight is 314 g/mol. The van der Waals surface area contributed by atoms with Crippen LogP contribution in [-0.2, 0) is 11.2 Å². The predicted molar refractivity (Wildman–Crippen MR) is 86.4 cm³/mol. The fraction of sp³-hybridized carbons (Fsp3) is 0.235. The Morgan fingerprint density at radius 2 is 1.87 bits per heavy atom. The van der Waals surface area contributed by atoms with E-state index in [4.69, 9.17) is 4.74 Å². The number of rotatable bonds is 6. The molecule has 2 aromatic rings. The standard InChI is InChI=1S/C17H18N2O4/c1-12(13-7-9-15(23-2)10-8-13)18-17(20)11-14-5-3-4-6-16(14)19(21)22/h3-10,12H,11H2,1-2H3,(H,18,20)/t12-/m0/s1. The zero-order valence-corrected chi connectivity index (χ0v) is 13.0. The summed E-state index contributed by atoms with van der Waals surface area (Å²) in [7, 11) is 1.59. The Balaban J connectivity index is 2.03. The second kappa shape index (κ2) is 7.40. The molecular weight excluding hydrogens is 296 g/mol. The molecule has 0 aromatic heterocycles. The van der Waals surface area contributed by atoms with Crippen molar-refractivity contribution < 1.29 is 14.5 Å². The van der Waals surface area contributed by atoms with Crippen LogP contribution in [0, 0.1) is 10.1 Å². The first-order chi connectivity index (χ1) is 11.0. The number of nitro groups is 1. The molecule has 0 saturated carbocycles. The summed E-state index contributed by atoms with van der Waals surface area (Å²) in [6, 6.07) is 13.4. The summed E-state index contributed by atoms with van der Waals surface area (Å²) in [5.74, 6) is 0.481. The van der Waals surface area contributed by atoms with Gasteiger partial charge in [0.1, 0.15) is 5.75 Å². The third-order valence-electron chi connectivity index (χ3n) is 3.53. The second-order valence-corrected chi connectivity index (χ2v) is 5.12. The minimum atomic E-state index is -0.477. The third-order valence-corrected chi connectivity index (χ3v) is 3.53. The van der Waals surface area contributed by atoms with Gasteiger partial charge in [-0.15, -0.1) is 0 Å². The summed E-state index contributed by atoms with van der Waals surface area (Å²) in [4.78, 5) is 22.6. The fourth-order valence-electron chi connectivity index (χ4n) is 2.28. The topological polar surface area (TPSA) is 81.5 Å². The number of nitro benzene ring substituents is 1. The van der Waals surface area contributed by atoms with Gasteiger partial charge < -0.3 is 10.1 Å². The highest BCUT2D eigenvalue weighted by Gasteiger charge is 2.17. The molecule has 23 heavy (non-hydrogen) atoms. The van der Waals surface area contributed by atoms with E-state index in [0.717, 1.165) is 11.3 Å². The molecule has 0 unspecified atom stereocenters. The first kappa shape index (κ1) is 16.5. The molecule has 120 valence electrons. The first-order valence-corrected chi connectivity index (χ1v) is 7.17. The Labute approximate surface area is 134 Å². The third kappa shape index (κ3) is 4.29. The van der Waals surface area contributed by atoms with Crippen LogP contribution < -0.4 is 10.1 Å². The molecule has 0 fully saturated rings. The highest BCUT2D eigenvalue weighted by atomic mass is 16.6. The van der Waals surface area contributed by atoms with Crippen LogP contribution in [0.25, 0.3) is 0 Å². The van der Waals surface area contributed by atoms with Crippen LogP contribution in [0.3, 0.4) is 0 Å². The number of hydrogen-bond donors (Lipinski definition) is 1. The molecule has 0 radical (unpaired) electrons. The Hall–Kier alpha value is -2.89. The molecule has 2 aromatic carbocycles. The summed E-state index contributed by atoms with van der Waals surface area (Å²) < 4.78 is 5.09. The van der Waals surface area contributed by atoms with Crippen molar-refractivity contribution in [2.24, 2.45) is 0 Å². The van der Waals surface area contributed by atoms with Gasteiger partial charge in [-0.1, -0.05) is 30.3 Å². The Morgan fingerprint density at radius 3 is 2.48 bits per heavy atom. The molecule has 0 aliphatic heterocycles. The number of hydrogen-bond acceptors (Lipinski definition) is 4. The monoisotopic (exact) mass is 314 g/mol. The summed E-state index contributed by atoms with van der Waals surface area (Å²) >= 11 is 0. The van der Waals surface area contributed by atoms with Gasteiger partial charge in [0, 0.05) is 11.6 Å². The lowest BCUT2D eigenvalue weighted by Crippen LogP contribution is -2.28. The van der Waals surface area contributed by atoms with Crippen LogP contribution in [-0.4, -0.2) is 17.9 Å². The Bertz CT molecular complexity index is 698. The summed E-state index contributed by atoms with van der Waals surface area (Å²) in [5, 5.41) is 13.8. The molecule has 0 heterocycles. The van der Waals surface area contributed by atoms with Crippen molar-refractivity contribution in [1.82, 2.24) is 5.32 Å². The average Bonchev–Trinajstić information content (AvgIpc) is 2.55. The van der Waals surface area contributed by atoms with Crippen molar-refractivity contribution in [2.75, 3.05) is 7.11 Å². The highest BCUT2D eigenvalue weighted by Crippen LogP contribution is 2.20. The SMILES string of the molecule is COc1ccc([C@H](C)NC(=O)Cc2ccccc2[N+](=O)[O-])cc1. The van der Waals surface area contributed by atoms with Gasteiger partial charge in [-0.2, -0.15) is 0 Å². The van der Waals surface area contributed by atoms with Crippen LogP contribution in [0.15, 0.2) is 48.5 Å². The van der Waals surface area contributed by atoms with E-state index < -0.39 is 4.92 Å². The van der Waals surface area contributed by atoms with Gasteiger partial charge in [0.15, 0.2) is 0 Å². The van der Waals surface area contributed by atoms with Gasteiger partial charge in [0.05, 0.1) is 24.5 Å². The van der Waals surface area contributed by atoms with Crippen molar-refractivity contribution in [2.45, 2.75) is 19.4 Å². The molecule has 1 amide bonds. The Kier molecular flexibility index (Phi) is 5.30. The molecule has 0 bridgehead atoms. The van der Waals surface area contributed by atoms with E-state index in [1.165, 1.54) is 6.07 Å². The van der Waals surface area contributed by atoms with Crippen LogP contribution >= 0.6 is 0 Å². The molecule has 0 aliphatic carbocycles. The van der Waals surface area contributed by atoms with Crippen molar-refractivity contribution in [3.05, 3.63) is 69.8 Å². The quantitative estimate of drug-likeness (QED) is 0.656. The number of nitrogens with zero attached hydrogens (tertiary/aromatic N) is 1. The van der Waals surface area contributed by atoms with E-state index in [0.29, 0.717) is 5.56 Å². The number of benzene rings is 2. The van der Waals surface area contributed by atoms with E-state index in [-0.39, 0.29) is 24.1 Å². The maximum absolute atomic E-state index is 12.1. The van der Waals surface area contributed by atoms with E-state index in [9.17, 15) is 14.9 Å². The molecule has 1 atom stereocenters. The summed E-state index contributed by atoms with van der Waals surface area (Å²) in [6.45, 7) is 1.86. The number of carbonyl (C=O) groups is 1. The van der Waals surface area contributed by atoms with Crippen LogP contribution in [0.5, 0.6) is 5.75 Å². The van der Waals surface area contributed by atoms with Gasteiger partial charge in [0.2, 0.25) is 5.91 Å². The van der Waals surface area contributed by atoms with Gasteiger partial charge in [0.25, 0.3) is 5.69 Å². The van der Waals surface area contributed by atoms with E-state index >= 15 is 0 Å². The van der Waals surface area contributed by atoms with Gasteiger partial charge in [-0.05, 0) is 24.6 Å². The lowest BCUT2D eigenvalue weighted by molar-refractivity contribution is -0.385. The number of carbonyl (C=O) groups excluding carboxylic acids is 1. The molecular formula is C17H18N2O4.